The van der Waals surface area contributed by atoms with E-state index in [1.165, 1.54) is 24.3 Å². The van der Waals surface area contributed by atoms with Gasteiger partial charge in [-0.05, 0) is 24.1 Å². The average Bonchev–Trinajstić information content (AvgIpc) is 2.45. The first-order chi connectivity index (χ1) is 10.2. The van der Waals surface area contributed by atoms with Gasteiger partial charge in [0.2, 0.25) is 0 Å². The van der Waals surface area contributed by atoms with E-state index < -0.39 is 24.6 Å². The predicted octanol–water partition coefficient (Wildman–Crippen LogP) is 5.14. The number of hydrogen-bond acceptors (Lipinski definition) is 2. The molecular formula is C15H19F5O2. The number of alkyl halides is 5. The summed E-state index contributed by atoms with van der Waals surface area (Å²) < 4.78 is 73.2. The highest BCUT2D eigenvalue weighted by molar-refractivity contribution is 5.28. The van der Waals surface area contributed by atoms with Crippen molar-refractivity contribution in [3.63, 3.8) is 0 Å². The number of halogens is 5. The third-order valence-electron chi connectivity index (χ3n) is 3.16. The largest absolute Gasteiger partial charge is 0.494 e. The Balaban J connectivity index is 2.75. The minimum atomic E-state index is -5.59. The summed E-state index contributed by atoms with van der Waals surface area (Å²) in [7, 11) is 1.10. The lowest BCUT2D eigenvalue weighted by Gasteiger charge is -2.24. The molecule has 0 saturated carbocycles. The first-order valence-corrected chi connectivity index (χ1v) is 6.91. The van der Waals surface area contributed by atoms with E-state index in [4.69, 9.17) is 9.47 Å². The lowest BCUT2D eigenvalue weighted by Crippen LogP contribution is -2.38. The SMILES string of the molecule is CCCCOc1ccc(C(CC(F)(F)C(F)(F)F)OC)cc1. The third-order valence-corrected chi connectivity index (χ3v) is 3.16. The molecule has 0 saturated heterocycles. The summed E-state index contributed by atoms with van der Waals surface area (Å²) in [5.74, 6) is -4.26. The molecule has 1 aromatic rings. The second-order valence-corrected chi connectivity index (χ2v) is 4.90. The Hall–Kier alpha value is -1.37. The number of rotatable bonds is 8. The van der Waals surface area contributed by atoms with Gasteiger partial charge >= 0.3 is 12.1 Å². The first kappa shape index (κ1) is 18.7. The standard InChI is InChI=1S/C15H19F5O2/c1-3-4-9-22-12-7-5-11(6-8-12)13(21-2)10-14(16,17)15(18,19)20/h5-8,13H,3-4,9-10H2,1-2H3. The summed E-state index contributed by atoms with van der Waals surface area (Å²) >= 11 is 0. The zero-order valence-corrected chi connectivity index (χ0v) is 12.4. The fraction of sp³-hybridized carbons (Fsp3) is 0.600. The molecule has 0 aromatic heterocycles. The zero-order chi connectivity index (χ0) is 16.8. The minimum Gasteiger partial charge on any atom is -0.494 e. The molecule has 126 valence electrons. The maximum Gasteiger partial charge on any atom is 0.453 e. The molecule has 0 radical (unpaired) electrons. The lowest BCUT2D eigenvalue weighted by molar-refractivity contribution is -0.291. The van der Waals surface area contributed by atoms with Crippen molar-refractivity contribution in [2.24, 2.45) is 0 Å². The number of methoxy groups -OCH3 is 1. The van der Waals surface area contributed by atoms with Crippen molar-refractivity contribution >= 4 is 0 Å². The van der Waals surface area contributed by atoms with Crippen LogP contribution in [0.5, 0.6) is 5.75 Å². The van der Waals surface area contributed by atoms with Crippen molar-refractivity contribution in [3.8, 4) is 5.75 Å². The van der Waals surface area contributed by atoms with Gasteiger partial charge in [-0.1, -0.05) is 25.5 Å². The smallest absolute Gasteiger partial charge is 0.453 e. The predicted molar refractivity (Wildman–Crippen MR) is 72.2 cm³/mol. The van der Waals surface area contributed by atoms with Crippen LogP contribution in [-0.4, -0.2) is 25.8 Å². The number of ether oxygens (including phenoxy) is 2. The second kappa shape index (κ2) is 7.76. The second-order valence-electron chi connectivity index (χ2n) is 4.90. The van der Waals surface area contributed by atoms with Gasteiger partial charge in [-0.3, -0.25) is 0 Å². The Bertz CT molecular complexity index is 442. The van der Waals surface area contributed by atoms with Crippen molar-refractivity contribution < 1.29 is 31.4 Å². The molecule has 0 bridgehead atoms. The summed E-state index contributed by atoms with van der Waals surface area (Å²) in [5, 5.41) is 0. The quantitative estimate of drug-likeness (QED) is 0.486. The number of benzene rings is 1. The fourth-order valence-corrected chi connectivity index (χ4v) is 1.80. The van der Waals surface area contributed by atoms with E-state index in [-0.39, 0.29) is 5.56 Å². The first-order valence-electron chi connectivity index (χ1n) is 6.91. The third kappa shape index (κ3) is 5.12. The van der Waals surface area contributed by atoms with Gasteiger partial charge in [0.25, 0.3) is 0 Å². The molecule has 1 rings (SSSR count). The Labute approximate surface area is 126 Å². The van der Waals surface area contributed by atoms with Crippen molar-refractivity contribution in [2.75, 3.05) is 13.7 Å². The summed E-state index contributed by atoms with van der Waals surface area (Å²) in [6, 6.07) is 5.93. The van der Waals surface area contributed by atoms with Crippen LogP contribution in [0.1, 0.15) is 37.9 Å². The summed E-state index contributed by atoms with van der Waals surface area (Å²) in [5.41, 5.74) is 0.245. The van der Waals surface area contributed by atoms with E-state index in [2.05, 4.69) is 0 Å². The molecule has 0 amide bonds. The molecule has 22 heavy (non-hydrogen) atoms. The van der Waals surface area contributed by atoms with Gasteiger partial charge in [0.15, 0.2) is 0 Å². The van der Waals surface area contributed by atoms with E-state index in [9.17, 15) is 22.0 Å². The molecule has 7 heteroatoms. The average molecular weight is 326 g/mol. The molecular weight excluding hydrogens is 307 g/mol. The number of hydrogen-bond donors (Lipinski definition) is 0. The van der Waals surface area contributed by atoms with Crippen LogP contribution in [0.15, 0.2) is 24.3 Å². The molecule has 2 nitrogen and oxygen atoms in total. The normalized spacial score (nSPS) is 14.0. The van der Waals surface area contributed by atoms with E-state index >= 15 is 0 Å². The van der Waals surface area contributed by atoms with Crippen molar-refractivity contribution in [2.45, 2.75) is 44.4 Å². The van der Waals surface area contributed by atoms with Gasteiger partial charge in [0.05, 0.1) is 19.1 Å². The molecule has 0 N–H and O–H groups in total. The van der Waals surface area contributed by atoms with Crippen LogP contribution in [0, 0.1) is 0 Å². The van der Waals surface area contributed by atoms with Crippen LogP contribution in [0.25, 0.3) is 0 Å². The van der Waals surface area contributed by atoms with E-state index in [1.54, 1.807) is 0 Å². The summed E-state index contributed by atoms with van der Waals surface area (Å²) in [4.78, 5) is 0. The molecule has 0 fully saturated rings. The molecule has 1 atom stereocenters. The zero-order valence-electron chi connectivity index (χ0n) is 12.4. The van der Waals surface area contributed by atoms with Crippen molar-refractivity contribution in [1.29, 1.82) is 0 Å². The van der Waals surface area contributed by atoms with Crippen molar-refractivity contribution in [1.82, 2.24) is 0 Å². The van der Waals surface area contributed by atoms with E-state index in [1.807, 2.05) is 6.92 Å². The Kier molecular flexibility index (Phi) is 6.59. The Morgan fingerprint density at radius 1 is 1.05 bits per heavy atom. The van der Waals surface area contributed by atoms with Gasteiger partial charge in [-0.15, -0.1) is 0 Å². The summed E-state index contributed by atoms with van der Waals surface area (Å²) in [6.45, 7) is 2.53. The monoisotopic (exact) mass is 326 g/mol. The summed E-state index contributed by atoms with van der Waals surface area (Å²) in [6.07, 6.45) is -6.55. The lowest BCUT2D eigenvalue weighted by atomic mass is 10.0. The molecule has 0 aliphatic rings. The minimum absolute atomic E-state index is 0.245. The van der Waals surface area contributed by atoms with Gasteiger partial charge in [0.1, 0.15) is 5.75 Å². The van der Waals surface area contributed by atoms with Gasteiger partial charge in [-0.2, -0.15) is 22.0 Å². The molecule has 0 aliphatic heterocycles. The van der Waals surface area contributed by atoms with Crippen molar-refractivity contribution in [3.05, 3.63) is 29.8 Å². The van der Waals surface area contributed by atoms with Crippen LogP contribution in [0.3, 0.4) is 0 Å². The van der Waals surface area contributed by atoms with E-state index in [0.717, 1.165) is 20.0 Å². The van der Waals surface area contributed by atoms with Crippen LogP contribution < -0.4 is 4.74 Å². The number of unbranched alkanes of at least 4 members (excludes halogenated alkanes) is 1. The molecule has 0 heterocycles. The van der Waals surface area contributed by atoms with Gasteiger partial charge in [0, 0.05) is 7.11 Å². The molecule has 0 aliphatic carbocycles. The Morgan fingerprint density at radius 2 is 1.64 bits per heavy atom. The molecule has 1 unspecified atom stereocenters. The molecule has 0 spiro atoms. The topological polar surface area (TPSA) is 18.5 Å². The van der Waals surface area contributed by atoms with Gasteiger partial charge < -0.3 is 9.47 Å². The highest BCUT2D eigenvalue weighted by Gasteiger charge is 2.58. The maximum absolute atomic E-state index is 13.1. The van der Waals surface area contributed by atoms with E-state index in [0.29, 0.717) is 12.4 Å². The van der Waals surface area contributed by atoms with Crippen LogP contribution in [-0.2, 0) is 4.74 Å². The van der Waals surface area contributed by atoms with Gasteiger partial charge in [-0.25, -0.2) is 0 Å². The fourth-order valence-electron chi connectivity index (χ4n) is 1.80. The highest BCUT2D eigenvalue weighted by atomic mass is 19.4. The van der Waals surface area contributed by atoms with Crippen LogP contribution >= 0.6 is 0 Å². The molecule has 1 aromatic carbocycles. The van der Waals surface area contributed by atoms with Crippen LogP contribution in [0.2, 0.25) is 0 Å². The maximum atomic E-state index is 13.1. The highest BCUT2D eigenvalue weighted by Crippen LogP contribution is 2.42. The van der Waals surface area contributed by atoms with Crippen LogP contribution in [0.4, 0.5) is 22.0 Å². The Morgan fingerprint density at radius 3 is 2.09 bits per heavy atom.